The number of rotatable bonds is 8. The van der Waals surface area contributed by atoms with Crippen LogP contribution in [0.15, 0.2) is 40.4 Å². The quantitative estimate of drug-likeness (QED) is 0.410. The van der Waals surface area contributed by atoms with E-state index < -0.39 is 0 Å². The molecule has 0 atom stereocenters. The lowest BCUT2D eigenvalue weighted by Gasteiger charge is -2.23. The van der Waals surface area contributed by atoms with Gasteiger partial charge in [0.25, 0.3) is 0 Å². The molecule has 1 amide bonds. The van der Waals surface area contributed by atoms with E-state index in [0.29, 0.717) is 23.6 Å². The van der Waals surface area contributed by atoms with Gasteiger partial charge in [-0.05, 0) is 75.3 Å². The van der Waals surface area contributed by atoms with Crippen molar-refractivity contribution in [1.29, 1.82) is 0 Å². The Morgan fingerprint density at radius 1 is 1.28 bits per heavy atom. The predicted molar refractivity (Wildman–Crippen MR) is 128 cm³/mol. The Morgan fingerprint density at radius 2 is 2.12 bits per heavy atom. The van der Waals surface area contributed by atoms with Crippen LogP contribution in [0.2, 0.25) is 0 Å². The van der Waals surface area contributed by atoms with Crippen LogP contribution in [0.5, 0.6) is 0 Å². The topological polar surface area (TPSA) is 88.3 Å². The van der Waals surface area contributed by atoms with Gasteiger partial charge in [-0.25, -0.2) is 4.98 Å². The second-order valence-electron chi connectivity index (χ2n) is 8.24. The van der Waals surface area contributed by atoms with Crippen LogP contribution < -0.4 is 5.32 Å². The predicted octanol–water partition coefficient (Wildman–Crippen LogP) is 4.43. The van der Waals surface area contributed by atoms with E-state index in [1.54, 1.807) is 0 Å². The van der Waals surface area contributed by atoms with E-state index in [1.165, 1.54) is 35.9 Å². The SMILES string of the molecule is CCN(CC(=O)Nc1nc2ccc(Sc3nnc4ccc(C5CC5)nn34)cc2s1)C(C)C. The number of carbonyl (C=O) groups excluding carboxylic acids is 1. The van der Waals surface area contributed by atoms with Crippen LogP contribution in [-0.2, 0) is 4.79 Å². The summed E-state index contributed by atoms with van der Waals surface area (Å²) in [5, 5.41) is 17.6. The van der Waals surface area contributed by atoms with Crippen molar-refractivity contribution in [2.75, 3.05) is 18.4 Å². The Hall–Kier alpha value is -2.56. The molecule has 0 spiro atoms. The van der Waals surface area contributed by atoms with Gasteiger partial charge in [-0.2, -0.15) is 9.61 Å². The van der Waals surface area contributed by atoms with Crippen LogP contribution in [0.4, 0.5) is 5.13 Å². The Kier molecular flexibility index (Phi) is 5.83. The van der Waals surface area contributed by atoms with Crippen LogP contribution in [0, 0.1) is 0 Å². The molecule has 8 nitrogen and oxygen atoms in total. The van der Waals surface area contributed by atoms with Crippen molar-refractivity contribution in [3.63, 3.8) is 0 Å². The third kappa shape index (κ3) is 4.48. The molecule has 1 N–H and O–H groups in total. The molecule has 0 saturated heterocycles. The first-order valence-corrected chi connectivity index (χ1v) is 12.5. The van der Waals surface area contributed by atoms with E-state index in [4.69, 9.17) is 5.10 Å². The number of nitrogens with one attached hydrogen (secondary N) is 1. The van der Waals surface area contributed by atoms with E-state index >= 15 is 0 Å². The van der Waals surface area contributed by atoms with Gasteiger partial charge in [0.15, 0.2) is 10.8 Å². The summed E-state index contributed by atoms with van der Waals surface area (Å²) in [6, 6.07) is 10.4. The van der Waals surface area contributed by atoms with E-state index in [1.807, 2.05) is 22.7 Å². The monoisotopic (exact) mass is 467 g/mol. The van der Waals surface area contributed by atoms with Crippen molar-refractivity contribution in [1.82, 2.24) is 29.7 Å². The summed E-state index contributed by atoms with van der Waals surface area (Å²) < 4.78 is 2.84. The van der Waals surface area contributed by atoms with Crippen molar-refractivity contribution < 1.29 is 4.79 Å². The summed E-state index contributed by atoms with van der Waals surface area (Å²) >= 11 is 3.01. The van der Waals surface area contributed by atoms with E-state index in [9.17, 15) is 4.79 Å². The summed E-state index contributed by atoms with van der Waals surface area (Å²) in [7, 11) is 0. The van der Waals surface area contributed by atoms with Crippen LogP contribution in [0.1, 0.15) is 45.2 Å². The average Bonchev–Trinajstić information content (AvgIpc) is 3.44. The number of nitrogens with zero attached hydrogens (tertiary/aromatic N) is 6. The molecule has 0 aliphatic heterocycles. The Bertz CT molecular complexity index is 1280. The van der Waals surface area contributed by atoms with Gasteiger partial charge in [0.05, 0.1) is 22.5 Å². The zero-order valence-electron chi connectivity index (χ0n) is 18.3. The minimum atomic E-state index is -0.0401. The fourth-order valence-corrected chi connectivity index (χ4v) is 5.40. The molecule has 0 bridgehead atoms. The number of carbonyl (C=O) groups is 1. The molecule has 166 valence electrons. The first kappa shape index (κ1) is 21.3. The van der Waals surface area contributed by atoms with E-state index in [2.05, 4.69) is 58.3 Å². The molecule has 32 heavy (non-hydrogen) atoms. The third-order valence-corrected chi connectivity index (χ3v) is 7.41. The number of hydrogen-bond donors (Lipinski definition) is 1. The van der Waals surface area contributed by atoms with Crippen molar-refractivity contribution in [3.05, 3.63) is 36.0 Å². The summed E-state index contributed by atoms with van der Waals surface area (Å²) in [5.41, 5.74) is 2.73. The molecule has 1 aliphatic carbocycles. The average molecular weight is 468 g/mol. The highest BCUT2D eigenvalue weighted by atomic mass is 32.2. The lowest BCUT2D eigenvalue weighted by molar-refractivity contribution is -0.117. The first-order chi connectivity index (χ1) is 15.5. The molecule has 4 aromatic rings. The molecule has 10 heteroatoms. The lowest BCUT2D eigenvalue weighted by atomic mass is 10.3. The van der Waals surface area contributed by atoms with Crippen LogP contribution in [-0.4, -0.2) is 54.7 Å². The highest BCUT2D eigenvalue weighted by molar-refractivity contribution is 7.99. The van der Waals surface area contributed by atoms with Crippen molar-refractivity contribution >= 4 is 50.0 Å². The summed E-state index contributed by atoms with van der Waals surface area (Å²) in [4.78, 5) is 20.1. The van der Waals surface area contributed by atoms with Gasteiger partial charge >= 0.3 is 0 Å². The van der Waals surface area contributed by atoms with Crippen molar-refractivity contribution in [2.24, 2.45) is 0 Å². The van der Waals surface area contributed by atoms with Crippen LogP contribution >= 0.6 is 23.1 Å². The molecule has 1 saturated carbocycles. The number of likely N-dealkylation sites (N-methyl/N-ethyl adjacent to an activating group) is 1. The number of thiazole rings is 1. The molecular formula is C22H25N7OS2. The molecule has 3 heterocycles. The molecule has 1 aliphatic rings. The van der Waals surface area contributed by atoms with Gasteiger partial charge in [-0.1, -0.05) is 18.3 Å². The number of amides is 1. The summed E-state index contributed by atoms with van der Waals surface area (Å²) in [5.74, 6) is 0.536. The highest BCUT2D eigenvalue weighted by Crippen LogP contribution is 2.39. The molecule has 1 aromatic carbocycles. The largest absolute Gasteiger partial charge is 0.301 e. The molecule has 3 aromatic heterocycles. The normalized spacial score (nSPS) is 14.2. The van der Waals surface area contributed by atoms with Crippen LogP contribution in [0.25, 0.3) is 15.9 Å². The van der Waals surface area contributed by atoms with Gasteiger partial charge in [-0.3, -0.25) is 9.69 Å². The van der Waals surface area contributed by atoms with E-state index in [0.717, 1.165) is 38.2 Å². The maximum atomic E-state index is 12.4. The molecule has 5 rings (SSSR count). The fraction of sp³-hybridized carbons (Fsp3) is 0.409. The summed E-state index contributed by atoms with van der Waals surface area (Å²) in [6.07, 6.45) is 2.41. The van der Waals surface area contributed by atoms with Crippen molar-refractivity contribution in [3.8, 4) is 0 Å². The first-order valence-electron chi connectivity index (χ1n) is 10.8. The summed E-state index contributed by atoms with van der Waals surface area (Å²) in [6.45, 7) is 7.44. The van der Waals surface area contributed by atoms with Gasteiger partial charge in [0.1, 0.15) is 0 Å². The van der Waals surface area contributed by atoms with Gasteiger partial charge < -0.3 is 5.32 Å². The zero-order chi connectivity index (χ0) is 22.2. The lowest BCUT2D eigenvalue weighted by Crippen LogP contribution is -2.37. The number of aromatic nitrogens is 5. The molecule has 0 radical (unpaired) electrons. The molecule has 0 unspecified atom stereocenters. The van der Waals surface area contributed by atoms with Gasteiger partial charge in [0, 0.05) is 16.9 Å². The Labute approximate surface area is 194 Å². The fourth-order valence-electron chi connectivity index (χ4n) is 3.57. The number of fused-ring (bicyclic) bond motifs is 2. The highest BCUT2D eigenvalue weighted by Gasteiger charge is 2.26. The second kappa shape index (κ2) is 8.76. The molecular weight excluding hydrogens is 442 g/mol. The van der Waals surface area contributed by atoms with Crippen molar-refractivity contribution in [2.45, 2.75) is 55.6 Å². The van der Waals surface area contributed by atoms with Gasteiger partial charge in [-0.15, -0.1) is 10.2 Å². The van der Waals surface area contributed by atoms with Gasteiger partial charge in [0.2, 0.25) is 11.1 Å². The smallest absolute Gasteiger partial charge is 0.240 e. The Morgan fingerprint density at radius 3 is 2.88 bits per heavy atom. The number of anilines is 1. The second-order valence-corrected chi connectivity index (χ2v) is 10.3. The third-order valence-electron chi connectivity index (χ3n) is 5.55. The number of hydrogen-bond acceptors (Lipinski definition) is 8. The zero-order valence-corrected chi connectivity index (χ0v) is 19.9. The number of benzene rings is 1. The Balaban J connectivity index is 1.33. The molecule has 1 fully saturated rings. The standard InChI is InChI=1S/C22H25N7OS2/c1-4-28(13(2)3)12-20(30)24-21-23-17-8-7-15(11-18(17)32-21)31-22-26-25-19-10-9-16(14-5-6-14)27-29(19)22/h7-11,13-14H,4-6,12H2,1-3H3,(H,23,24,30). The maximum Gasteiger partial charge on any atom is 0.240 e. The minimum Gasteiger partial charge on any atom is -0.301 e. The minimum absolute atomic E-state index is 0.0401. The van der Waals surface area contributed by atoms with Crippen LogP contribution in [0.3, 0.4) is 0 Å². The maximum absolute atomic E-state index is 12.4. The van der Waals surface area contributed by atoms with E-state index in [-0.39, 0.29) is 5.91 Å².